The Balaban J connectivity index is 1.44. The van der Waals surface area contributed by atoms with Gasteiger partial charge in [-0.2, -0.15) is 5.10 Å². The summed E-state index contributed by atoms with van der Waals surface area (Å²) in [6, 6.07) is 17.2. The summed E-state index contributed by atoms with van der Waals surface area (Å²) in [5.74, 6) is -0.329. The van der Waals surface area contributed by atoms with E-state index < -0.39 is 0 Å². The molecule has 4 aromatic rings. The van der Waals surface area contributed by atoms with Crippen LogP contribution in [0.25, 0.3) is 5.69 Å². The van der Waals surface area contributed by atoms with E-state index in [2.05, 4.69) is 32.7 Å². The second-order valence-corrected chi connectivity index (χ2v) is 7.52. The van der Waals surface area contributed by atoms with Crippen LogP contribution < -0.4 is 5.32 Å². The Morgan fingerprint density at radius 3 is 2.71 bits per heavy atom. The van der Waals surface area contributed by atoms with Gasteiger partial charge in [0.2, 0.25) is 5.13 Å². The van der Waals surface area contributed by atoms with Gasteiger partial charge in [0.05, 0.1) is 16.3 Å². The number of carbonyl (C=O) groups is 1. The maximum Gasteiger partial charge on any atom is 0.259 e. The first-order valence-corrected chi connectivity index (χ1v) is 9.86. The molecule has 28 heavy (non-hydrogen) atoms. The molecule has 0 unspecified atom stereocenters. The summed E-state index contributed by atoms with van der Waals surface area (Å²) < 4.78 is 1.67. The van der Waals surface area contributed by atoms with Gasteiger partial charge in [0.1, 0.15) is 5.01 Å². The molecule has 0 saturated carbocycles. The van der Waals surface area contributed by atoms with E-state index in [9.17, 15) is 4.79 Å². The van der Waals surface area contributed by atoms with Gasteiger partial charge in [0.15, 0.2) is 0 Å². The minimum atomic E-state index is -0.329. The SMILES string of the molecule is O=C(Nc1nnc(CCc2ccccc2)s1)c1cc(-n2cccn2)ccc1Cl. The van der Waals surface area contributed by atoms with Crippen molar-refractivity contribution >= 4 is 34.0 Å². The summed E-state index contributed by atoms with van der Waals surface area (Å²) >= 11 is 7.59. The summed E-state index contributed by atoms with van der Waals surface area (Å²) in [5.41, 5.74) is 2.35. The summed E-state index contributed by atoms with van der Waals surface area (Å²) in [4.78, 5) is 12.7. The second kappa shape index (κ2) is 8.33. The van der Waals surface area contributed by atoms with Crippen molar-refractivity contribution in [3.63, 3.8) is 0 Å². The van der Waals surface area contributed by atoms with E-state index in [0.29, 0.717) is 15.7 Å². The molecule has 2 aromatic heterocycles. The zero-order valence-electron chi connectivity index (χ0n) is 14.7. The van der Waals surface area contributed by atoms with Gasteiger partial charge in [-0.25, -0.2) is 4.68 Å². The van der Waals surface area contributed by atoms with Crippen molar-refractivity contribution < 1.29 is 4.79 Å². The minimum absolute atomic E-state index is 0.329. The van der Waals surface area contributed by atoms with Crippen LogP contribution in [0, 0.1) is 0 Å². The van der Waals surface area contributed by atoms with Crippen LogP contribution in [0.3, 0.4) is 0 Å². The van der Waals surface area contributed by atoms with E-state index in [1.165, 1.54) is 16.9 Å². The number of aryl methyl sites for hydroxylation is 2. The minimum Gasteiger partial charge on any atom is -0.296 e. The third-order valence-corrected chi connectivity index (χ3v) is 5.35. The van der Waals surface area contributed by atoms with Crippen molar-refractivity contribution in [1.29, 1.82) is 0 Å². The molecule has 0 spiro atoms. The maximum atomic E-state index is 12.7. The van der Waals surface area contributed by atoms with E-state index in [-0.39, 0.29) is 5.91 Å². The fourth-order valence-corrected chi connectivity index (χ4v) is 3.65. The highest BCUT2D eigenvalue weighted by molar-refractivity contribution is 7.15. The average Bonchev–Trinajstić information content (AvgIpc) is 3.40. The number of anilines is 1. The van der Waals surface area contributed by atoms with Crippen LogP contribution in [-0.4, -0.2) is 25.9 Å². The van der Waals surface area contributed by atoms with E-state index in [1.807, 2.05) is 24.3 Å². The highest BCUT2D eigenvalue weighted by Crippen LogP contribution is 2.23. The van der Waals surface area contributed by atoms with E-state index in [4.69, 9.17) is 11.6 Å². The number of nitrogens with one attached hydrogen (secondary N) is 1. The molecule has 140 valence electrons. The quantitative estimate of drug-likeness (QED) is 0.511. The predicted octanol–water partition coefficient (Wildman–Crippen LogP) is 4.41. The fourth-order valence-electron chi connectivity index (χ4n) is 2.72. The summed E-state index contributed by atoms with van der Waals surface area (Å²) in [5, 5.41) is 16.9. The Hall–Kier alpha value is -3.03. The standard InChI is InChI=1S/C20H16ClN5OS/c21-17-9-8-15(26-12-4-11-22-26)13-16(17)19(27)23-20-25-24-18(28-20)10-7-14-5-2-1-3-6-14/h1-6,8-9,11-13H,7,10H2,(H,23,25,27). The van der Waals surface area contributed by atoms with Crippen LogP contribution in [0.4, 0.5) is 5.13 Å². The zero-order valence-corrected chi connectivity index (χ0v) is 16.3. The van der Waals surface area contributed by atoms with Crippen LogP contribution in [0.2, 0.25) is 5.02 Å². The summed E-state index contributed by atoms with van der Waals surface area (Å²) in [7, 11) is 0. The molecule has 1 N–H and O–H groups in total. The molecule has 0 atom stereocenters. The van der Waals surface area contributed by atoms with Gasteiger partial charge < -0.3 is 0 Å². The smallest absolute Gasteiger partial charge is 0.259 e. The molecule has 4 rings (SSSR count). The molecular weight excluding hydrogens is 394 g/mol. The number of aromatic nitrogens is 4. The first kappa shape index (κ1) is 18.3. The number of halogens is 1. The molecule has 0 aliphatic heterocycles. The molecule has 1 amide bonds. The van der Waals surface area contributed by atoms with Crippen LogP contribution in [0.15, 0.2) is 67.0 Å². The molecule has 2 heterocycles. The molecule has 0 fully saturated rings. The molecule has 0 bridgehead atoms. The monoisotopic (exact) mass is 409 g/mol. The largest absolute Gasteiger partial charge is 0.296 e. The number of amides is 1. The highest BCUT2D eigenvalue weighted by Gasteiger charge is 2.15. The number of hydrogen-bond acceptors (Lipinski definition) is 5. The number of nitrogens with zero attached hydrogens (tertiary/aromatic N) is 4. The first-order chi connectivity index (χ1) is 13.7. The Morgan fingerprint density at radius 2 is 1.93 bits per heavy atom. The van der Waals surface area contributed by atoms with Gasteiger partial charge >= 0.3 is 0 Å². The molecule has 2 aromatic carbocycles. The van der Waals surface area contributed by atoms with Crippen molar-refractivity contribution in [2.75, 3.05) is 5.32 Å². The lowest BCUT2D eigenvalue weighted by atomic mass is 10.1. The molecular formula is C20H16ClN5OS. The van der Waals surface area contributed by atoms with Crippen LogP contribution >= 0.6 is 22.9 Å². The highest BCUT2D eigenvalue weighted by atomic mass is 35.5. The van der Waals surface area contributed by atoms with Gasteiger partial charge in [0.25, 0.3) is 5.91 Å². The Morgan fingerprint density at radius 1 is 1.07 bits per heavy atom. The van der Waals surface area contributed by atoms with E-state index in [1.54, 1.807) is 35.3 Å². The van der Waals surface area contributed by atoms with Crippen molar-refractivity contribution in [2.45, 2.75) is 12.8 Å². The molecule has 0 aliphatic rings. The Bertz CT molecular complexity index is 1080. The second-order valence-electron chi connectivity index (χ2n) is 6.06. The molecule has 0 radical (unpaired) electrons. The lowest BCUT2D eigenvalue weighted by molar-refractivity contribution is 0.102. The van der Waals surface area contributed by atoms with Crippen LogP contribution in [0.1, 0.15) is 20.9 Å². The predicted molar refractivity (Wildman–Crippen MR) is 110 cm³/mol. The molecule has 8 heteroatoms. The van der Waals surface area contributed by atoms with Gasteiger partial charge in [-0.1, -0.05) is 53.3 Å². The van der Waals surface area contributed by atoms with Gasteiger partial charge in [-0.15, -0.1) is 10.2 Å². The van der Waals surface area contributed by atoms with Crippen molar-refractivity contribution in [3.05, 3.63) is 88.1 Å². The summed E-state index contributed by atoms with van der Waals surface area (Å²) in [6.45, 7) is 0. The maximum absolute atomic E-state index is 12.7. The van der Waals surface area contributed by atoms with Gasteiger partial charge in [0, 0.05) is 18.8 Å². The fraction of sp³-hybridized carbons (Fsp3) is 0.100. The number of rotatable bonds is 6. The van der Waals surface area contributed by atoms with E-state index >= 15 is 0 Å². The van der Waals surface area contributed by atoms with E-state index in [0.717, 1.165) is 23.5 Å². The molecule has 0 aliphatic carbocycles. The normalized spacial score (nSPS) is 10.8. The first-order valence-electron chi connectivity index (χ1n) is 8.66. The molecule has 6 nitrogen and oxygen atoms in total. The lowest BCUT2D eigenvalue weighted by Gasteiger charge is -2.07. The zero-order chi connectivity index (χ0) is 19.3. The topological polar surface area (TPSA) is 72.7 Å². The average molecular weight is 410 g/mol. The van der Waals surface area contributed by atoms with Gasteiger partial charge in [-0.3, -0.25) is 10.1 Å². The number of benzene rings is 2. The molecule has 0 saturated heterocycles. The van der Waals surface area contributed by atoms with Crippen molar-refractivity contribution in [1.82, 2.24) is 20.0 Å². The number of carbonyl (C=O) groups excluding carboxylic acids is 1. The van der Waals surface area contributed by atoms with Gasteiger partial charge in [-0.05, 0) is 36.2 Å². The number of hydrogen-bond donors (Lipinski definition) is 1. The van der Waals surface area contributed by atoms with Crippen LogP contribution in [0.5, 0.6) is 0 Å². The Kier molecular flexibility index (Phi) is 5.45. The van der Waals surface area contributed by atoms with Crippen molar-refractivity contribution in [3.8, 4) is 5.69 Å². The third kappa shape index (κ3) is 4.27. The Labute approximate surface area is 170 Å². The van der Waals surface area contributed by atoms with Crippen molar-refractivity contribution in [2.24, 2.45) is 0 Å². The lowest BCUT2D eigenvalue weighted by Crippen LogP contribution is -2.13. The summed E-state index contributed by atoms with van der Waals surface area (Å²) in [6.07, 6.45) is 5.12. The third-order valence-electron chi connectivity index (χ3n) is 4.12. The van der Waals surface area contributed by atoms with Crippen LogP contribution in [-0.2, 0) is 12.8 Å².